The van der Waals surface area contributed by atoms with Gasteiger partial charge in [-0.2, -0.15) is 11.8 Å². The van der Waals surface area contributed by atoms with Gasteiger partial charge in [-0.05, 0) is 17.9 Å². The molecule has 0 bridgehead atoms. The molecule has 0 aliphatic heterocycles. The molecule has 0 heterocycles. The number of thioether (sulfide) groups is 1. The van der Waals surface area contributed by atoms with E-state index in [0.29, 0.717) is 6.42 Å². The lowest BCUT2D eigenvalue weighted by Crippen LogP contribution is -2.42. The summed E-state index contributed by atoms with van der Waals surface area (Å²) in [6.07, 6.45) is -0.0365. The molecule has 8 heteroatoms. The first-order valence-corrected chi connectivity index (χ1v) is 7.47. The number of hydrogen-bond donors (Lipinski definition) is 4. The zero-order valence-electron chi connectivity index (χ0n) is 8.55. The Hall–Kier alpha value is -0.0700. The summed E-state index contributed by atoms with van der Waals surface area (Å²) in [5.74, 6) is 1.09. The molecule has 0 saturated heterocycles. The van der Waals surface area contributed by atoms with Crippen LogP contribution in [0.2, 0.25) is 0 Å². The van der Waals surface area contributed by atoms with Gasteiger partial charge >= 0.3 is 7.60 Å². The van der Waals surface area contributed by atoms with E-state index in [0.717, 1.165) is 11.5 Å². The normalized spacial score (nSPS) is 13.8. The predicted molar refractivity (Wildman–Crippen MR) is 60.6 cm³/mol. The minimum Gasteiger partial charge on any atom is -0.368 e. The Labute approximate surface area is 93.2 Å². The van der Waals surface area contributed by atoms with E-state index < -0.39 is 25.8 Å². The van der Waals surface area contributed by atoms with Crippen molar-refractivity contribution in [3.05, 3.63) is 0 Å². The van der Waals surface area contributed by atoms with Gasteiger partial charge in [-0.25, -0.2) is 0 Å². The number of carbonyl (C=O) groups is 1. The van der Waals surface area contributed by atoms with E-state index in [1.165, 1.54) is 0 Å². The first-order valence-electron chi connectivity index (χ1n) is 4.52. The molecular weight excluding hydrogens is 239 g/mol. The first-order chi connectivity index (χ1) is 6.87. The van der Waals surface area contributed by atoms with Crippen molar-refractivity contribution < 1.29 is 19.1 Å². The third kappa shape index (κ3) is 8.89. The van der Waals surface area contributed by atoms with Gasteiger partial charge in [0.2, 0.25) is 5.91 Å². The third-order valence-electron chi connectivity index (χ3n) is 1.64. The zero-order chi connectivity index (χ0) is 11.9. The molecule has 1 atom stereocenters. The molecule has 0 aliphatic rings. The van der Waals surface area contributed by atoms with Crippen LogP contribution in [0.5, 0.6) is 0 Å². The highest BCUT2D eigenvalue weighted by molar-refractivity contribution is 7.99. The van der Waals surface area contributed by atoms with Crippen LogP contribution in [0, 0.1) is 0 Å². The number of primary amides is 1. The highest BCUT2D eigenvalue weighted by Gasteiger charge is 2.19. The minimum absolute atomic E-state index is 0.480. The van der Waals surface area contributed by atoms with Crippen molar-refractivity contribution in [3.8, 4) is 0 Å². The van der Waals surface area contributed by atoms with E-state index in [9.17, 15) is 9.36 Å². The number of rotatable bonds is 8. The fourth-order valence-electron chi connectivity index (χ4n) is 0.920. The molecule has 0 spiro atoms. The summed E-state index contributed by atoms with van der Waals surface area (Å²) in [7, 11) is -4.12. The third-order valence-corrected chi connectivity index (χ3v) is 3.17. The van der Waals surface area contributed by atoms with Crippen molar-refractivity contribution in [3.63, 3.8) is 0 Å². The van der Waals surface area contributed by atoms with Gasteiger partial charge in [0.05, 0.1) is 12.3 Å². The summed E-state index contributed by atoms with van der Waals surface area (Å²) in [5, 5.41) is 2.47. The molecule has 0 aromatic carbocycles. The second-order valence-corrected chi connectivity index (χ2v) is 6.01. The van der Waals surface area contributed by atoms with Gasteiger partial charge in [-0.3, -0.25) is 14.7 Å². The molecule has 0 aliphatic carbocycles. The molecule has 5 N–H and O–H groups in total. The van der Waals surface area contributed by atoms with Gasteiger partial charge in [0.25, 0.3) is 0 Å². The fourth-order valence-corrected chi connectivity index (χ4v) is 2.07. The largest absolute Gasteiger partial charge is 0.368 e. The van der Waals surface area contributed by atoms with Gasteiger partial charge in [-0.15, -0.1) is 0 Å². The zero-order valence-corrected chi connectivity index (χ0v) is 10.3. The van der Waals surface area contributed by atoms with E-state index in [2.05, 4.69) is 5.32 Å². The van der Waals surface area contributed by atoms with Gasteiger partial charge in [0.15, 0.2) is 0 Å². The Kier molecular flexibility index (Phi) is 7.21. The Bertz CT molecular complexity index is 245. The molecule has 1 unspecified atom stereocenters. The number of carbonyl (C=O) groups excluding carboxylic acids is 1. The van der Waals surface area contributed by atoms with Gasteiger partial charge < -0.3 is 15.5 Å². The molecule has 0 aromatic rings. The highest BCUT2D eigenvalue weighted by Crippen LogP contribution is 2.32. The summed E-state index contributed by atoms with van der Waals surface area (Å²) < 4.78 is 10.6. The maximum atomic E-state index is 10.9. The highest BCUT2D eigenvalue weighted by atomic mass is 32.2. The van der Waals surface area contributed by atoms with Crippen molar-refractivity contribution in [2.24, 2.45) is 5.73 Å². The summed E-state index contributed by atoms with van der Waals surface area (Å²) in [6.45, 7) is 1.99. The van der Waals surface area contributed by atoms with Crippen molar-refractivity contribution in [2.45, 2.75) is 19.4 Å². The van der Waals surface area contributed by atoms with Crippen LogP contribution in [0.25, 0.3) is 0 Å². The second kappa shape index (κ2) is 7.24. The van der Waals surface area contributed by atoms with E-state index in [1.54, 1.807) is 11.8 Å². The van der Waals surface area contributed by atoms with E-state index in [4.69, 9.17) is 15.5 Å². The molecule has 0 fully saturated rings. The Morgan fingerprint density at radius 3 is 2.60 bits per heavy atom. The molecule has 6 nitrogen and oxygen atoms in total. The van der Waals surface area contributed by atoms with Crippen molar-refractivity contribution in [2.75, 3.05) is 17.8 Å². The molecule has 0 aromatic heterocycles. The molecule has 0 rings (SSSR count). The SMILES string of the molecule is CCSCCC(NCP(=O)(O)O)C(N)=O. The first kappa shape index (κ1) is 14.9. The molecule has 90 valence electrons. The van der Waals surface area contributed by atoms with Crippen LogP contribution in [0.1, 0.15) is 13.3 Å². The average molecular weight is 256 g/mol. The van der Waals surface area contributed by atoms with E-state index in [1.807, 2.05) is 6.92 Å². The topological polar surface area (TPSA) is 113 Å². The summed E-state index contributed by atoms with van der Waals surface area (Å²) in [4.78, 5) is 28.1. The van der Waals surface area contributed by atoms with Crippen LogP contribution >= 0.6 is 19.4 Å². The van der Waals surface area contributed by atoms with Crippen LogP contribution in [0.3, 0.4) is 0 Å². The van der Waals surface area contributed by atoms with Crippen molar-refractivity contribution in [1.82, 2.24) is 5.32 Å². The fraction of sp³-hybridized carbons (Fsp3) is 0.857. The monoisotopic (exact) mass is 256 g/mol. The maximum absolute atomic E-state index is 10.9. The molecule has 1 amide bonds. The van der Waals surface area contributed by atoms with E-state index >= 15 is 0 Å². The maximum Gasteiger partial charge on any atom is 0.339 e. The summed E-state index contributed by atoms with van der Waals surface area (Å²) >= 11 is 1.65. The smallest absolute Gasteiger partial charge is 0.339 e. The second-order valence-electron chi connectivity index (χ2n) is 2.97. The number of nitrogens with one attached hydrogen (secondary N) is 1. The molecular formula is C7H17N2O4PS. The average Bonchev–Trinajstić information content (AvgIpc) is 2.08. The van der Waals surface area contributed by atoms with Crippen molar-refractivity contribution >= 4 is 25.3 Å². The quantitative estimate of drug-likeness (QED) is 0.350. The van der Waals surface area contributed by atoms with Crippen LogP contribution in [0.4, 0.5) is 0 Å². The van der Waals surface area contributed by atoms with Gasteiger partial charge in [0, 0.05) is 0 Å². The van der Waals surface area contributed by atoms with Crippen LogP contribution < -0.4 is 11.1 Å². The van der Waals surface area contributed by atoms with Crippen LogP contribution in [0.15, 0.2) is 0 Å². The molecule has 0 saturated carbocycles. The van der Waals surface area contributed by atoms with Crippen LogP contribution in [-0.4, -0.2) is 39.5 Å². The molecule has 15 heavy (non-hydrogen) atoms. The predicted octanol–water partition coefficient (Wildman–Crippen LogP) is -0.292. The lowest BCUT2D eigenvalue weighted by Gasteiger charge is -2.15. The van der Waals surface area contributed by atoms with Gasteiger partial charge in [-0.1, -0.05) is 6.92 Å². The lowest BCUT2D eigenvalue weighted by atomic mass is 10.2. The Morgan fingerprint density at radius 2 is 2.20 bits per heavy atom. The summed E-state index contributed by atoms with van der Waals surface area (Å²) in [5.41, 5.74) is 5.08. The standard InChI is InChI=1S/C7H17N2O4PS/c1-2-15-4-3-6(7(8)10)9-5-14(11,12)13/h6,9H,2-5H2,1H3,(H2,8,10)(H2,11,12,13). The van der Waals surface area contributed by atoms with Gasteiger partial charge in [0.1, 0.15) is 0 Å². The van der Waals surface area contributed by atoms with Crippen molar-refractivity contribution in [1.29, 1.82) is 0 Å². The summed E-state index contributed by atoms with van der Waals surface area (Å²) in [6, 6.07) is -0.670. The molecule has 0 radical (unpaired) electrons. The Balaban J connectivity index is 3.95. The number of amides is 1. The lowest BCUT2D eigenvalue weighted by molar-refractivity contribution is -0.119. The van der Waals surface area contributed by atoms with E-state index in [-0.39, 0.29) is 0 Å². The minimum atomic E-state index is -4.12. The number of nitrogens with two attached hydrogens (primary N) is 1. The Morgan fingerprint density at radius 1 is 1.60 bits per heavy atom. The van der Waals surface area contributed by atoms with Crippen LogP contribution in [-0.2, 0) is 9.36 Å². The number of hydrogen-bond acceptors (Lipinski definition) is 4.